The maximum Gasteiger partial charge on any atom is 0.254 e. The van der Waals surface area contributed by atoms with Crippen LogP contribution in [0.2, 0.25) is 0 Å². The Balaban J connectivity index is 1.42. The molecule has 164 valence electrons. The Labute approximate surface area is 196 Å². The van der Waals surface area contributed by atoms with E-state index in [1.807, 2.05) is 90.3 Å². The number of likely N-dealkylation sites (N-methyl/N-ethyl adjacent to an activating group) is 1. The van der Waals surface area contributed by atoms with Gasteiger partial charge in [0.25, 0.3) is 5.91 Å². The number of rotatable bonds is 5. The Kier molecular flexibility index (Phi) is 5.67. The molecule has 2 heterocycles. The molecule has 4 aromatic rings. The van der Waals surface area contributed by atoms with Crippen molar-refractivity contribution in [3.05, 3.63) is 112 Å². The van der Waals surface area contributed by atoms with Crippen molar-refractivity contribution in [2.45, 2.75) is 12.0 Å². The summed E-state index contributed by atoms with van der Waals surface area (Å²) in [6.07, 6.45) is 0. The molecular weight excluding hydrogens is 432 g/mol. The number of carbonyl (C=O) groups is 2. The van der Waals surface area contributed by atoms with Crippen molar-refractivity contribution >= 4 is 28.8 Å². The van der Waals surface area contributed by atoms with Gasteiger partial charge in [-0.1, -0.05) is 42.5 Å². The maximum atomic E-state index is 13.6. The Bertz CT molecular complexity index is 1270. The van der Waals surface area contributed by atoms with Crippen LogP contribution in [0.4, 0.5) is 5.69 Å². The van der Waals surface area contributed by atoms with E-state index in [1.54, 1.807) is 29.4 Å². The summed E-state index contributed by atoms with van der Waals surface area (Å²) in [6, 6.07) is 27.7. The fraction of sp³-hybridized carbons (Fsp3) is 0.111. The van der Waals surface area contributed by atoms with E-state index in [1.165, 1.54) is 0 Å². The minimum atomic E-state index is -0.525. The van der Waals surface area contributed by atoms with Gasteiger partial charge in [-0.25, -0.2) is 0 Å². The van der Waals surface area contributed by atoms with Crippen LogP contribution in [-0.4, -0.2) is 23.8 Å². The molecule has 0 unspecified atom stereocenters. The highest BCUT2D eigenvalue weighted by atomic mass is 32.1. The molecule has 0 radical (unpaired) electrons. The van der Waals surface area contributed by atoms with E-state index < -0.39 is 5.92 Å². The summed E-state index contributed by atoms with van der Waals surface area (Å²) in [5.41, 5.74) is 1.99. The van der Waals surface area contributed by atoms with E-state index in [-0.39, 0.29) is 17.9 Å². The molecule has 33 heavy (non-hydrogen) atoms. The van der Waals surface area contributed by atoms with Crippen molar-refractivity contribution in [2.24, 2.45) is 0 Å². The van der Waals surface area contributed by atoms with E-state index >= 15 is 0 Å². The number of para-hydroxylation sites is 1. The molecule has 0 saturated carbocycles. The van der Waals surface area contributed by atoms with Crippen molar-refractivity contribution in [3.63, 3.8) is 0 Å². The van der Waals surface area contributed by atoms with Crippen molar-refractivity contribution in [3.8, 4) is 11.5 Å². The van der Waals surface area contributed by atoms with E-state index in [2.05, 4.69) is 5.32 Å². The topological polar surface area (TPSA) is 58.6 Å². The second-order valence-corrected chi connectivity index (χ2v) is 8.85. The Morgan fingerprint density at radius 1 is 0.879 bits per heavy atom. The lowest BCUT2D eigenvalue weighted by molar-refractivity contribution is -0.119. The zero-order chi connectivity index (χ0) is 22.8. The second-order valence-electron chi connectivity index (χ2n) is 7.87. The predicted molar refractivity (Wildman–Crippen MR) is 130 cm³/mol. The summed E-state index contributed by atoms with van der Waals surface area (Å²) in [4.78, 5) is 29.3. The number of hydrogen-bond acceptors (Lipinski definition) is 4. The minimum absolute atomic E-state index is 0.0736. The normalized spacial score (nSPS) is 17.4. The first kappa shape index (κ1) is 21.0. The van der Waals surface area contributed by atoms with Crippen LogP contribution in [0.3, 0.4) is 0 Å². The van der Waals surface area contributed by atoms with Crippen molar-refractivity contribution < 1.29 is 14.3 Å². The number of ether oxygens (including phenoxy) is 1. The molecule has 1 aliphatic heterocycles. The SMILES string of the molecule is CN1C(=O)c2ccccc2[C@@H](C(=O)Nc2ccc(Oc3ccccc3)cc2)[C@@H]1c1cccs1. The van der Waals surface area contributed by atoms with Gasteiger partial charge in [-0.05, 0) is 59.5 Å². The molecule has 2 atom stereocenters. The van der Waals surface area contributed by atoms with E-state index in [4.69, 9.17) is 4.74 Å². The average molecular weight is 455 g/mol. The van der Waals surface area contributed by atoms with E-state index in [9.17, 15) is 9.59 Å². The number of nitrogens with zero attached hydrogens (tertiary/aromatic N) is 1. The molecule has 5 rings (SSSR count). The van der Waals surface area contributed by atoms with Crippen LogP contribution >= 0.6 is 11.3 Å². The standard InChI is InChI=1S/C27H22N2O3S/c1-29-25(23-12-7-17-33-23)24(21-10-5-6-11-22(21)27(29)31)26(30)28-18-13-15-20(16-14-18)32-19-8-3-2-4-9-19/h2-17,24-25H,1H3,(H,28,30)/t24-,25+/m1/s1. The predicted octanol–water partition coefficient (Wildman–Crippen LogP) is 6.09. The number of amides is 2. The van der Waals surface area contributed by atoms with Crippen LogP contribution in [0, 0.1) is 0 Å². The van der Waals surface area contributed by atoms with Gasteiger partial charge in [0.05, 0.1) is 12.0 Å². The molecule has 0 bridgehead atoms. The maximum absolute atomic E-state index is 13.6. The Morgan fingerprint density at radius 3 is 2.30 bits per heavy atom. The van der Waals surface area contributed by atoms with Gasteiger partial charge in [0.1, 0.15) is 11.5 Å². The third-order valence-corrected chi connectivity index (χ3v) is 6.74. The number of carbonyl (C=O) groups excluding carboxylic acids is 2. The lowest BCUT2D eigenvalue weighted by Gasteiger charge is -2.39. The molecule has 2 amide bonds. The van der Waals surface area contributed by atoms with Gasteiger partial charge in [0.2, 0.25) is 5.91 Å². The highest BCUT2D eigenvalue weighted by molar-refractivity contribution is 7.10. The van der Waals surface area contributed by atoms with Crippen molar-refractivity contribution in [1.29, 1.82) is 0 Å². The van der Waals surface area contributed by atoms with Gasteiger partial charge >= 0.3 is 0 Å². The first-order valence-corrected chi connectivity index (χ1v) is 11.5. The Morgan fingerprint density at radius 2 is 1.58 bits per heavy atom. The number of fused-ring (bicyclic) bond motifs is 1. The second kappa shape index (κ2) is 8.92. The first-order chi connectivity index (χ1) is 16.1. The van der Waals surface area contributed by atoms with Gasteiger partial charge in [-0.3, -0.25) is 9.59 Å². The van der Waals surface area contributed by atoms with Gasteiger partial charge in [-0.15, -0.1) is 11.3 Å². The largest absolute Gasteiger partial charge is 0.457 e. The van der Waals surface area contributed by atoms with Crippen LogP contribution in [0.25, 0.3) is 0 Å². The summed E-state index contributed by atoms with van der Waals surface area (Å²) in [7, 11) is 1.76. The van der Waals surface area contributed by atoms with Crippen LogP contribution in [0.15, 0.2) is 96.4 Å². The highest BCUT2D eigenvalue weighted by Crippen LogP contribution is 2.43. The highest BCUT2D eigenvalue weighted by Gasteiger charge is 2.43. The third-order valence-electron chi connectivity index (χ3n) is 5.80. The average Bonchev–Trinajstić information content (AvgIpc) is 3.37. The molecular formula is C27H22N2O3S. The van der Waals surface area contributed by atoms with Gasteiger partial charge in [0, 0.05) is 23.2 Å². The van der Waals surface area contributed by atoms with Gasteiger partial charge in [-0.2, -0.15) is 0 Å². The van der Waals surface area contributed by atoms with Gasteiger partial charge < -0.3 is 15.0 Å². The molecule has 0 aliphatic carbocycles. The molecule has 5 nitrogen and oxygen atoms in total. The smallest absolute Gasteiger partial charge is 0.254 e. The van der Waals surface area contributed by atoms with E-state index in [0.29, 0.717) is 17.0 Å². The summed E-state index contributed by atoms with van der Waals surface area (Å²) < 4.78 is 5.84. The fourth-order valence-corrected chi connectivity index (χ4v) is 5.13. The minimum Gasteiger partial charge on any atom is -0.457 e. The molecule has 6 heteroatoms. The van der Waals surface area contributed by atoms with Crippen LogP contribution < -0.4 is 10.1 Å². The van der Waals surface area contributed by atoms with Gasteiger partial charge in [0.15, 0.2) is 0 Å². The molecule has 0 spiro atoms. The fourth-order valence-electron chi connectivity index (χ4n) is 4.22. The monoisotopic (exact) mass is 454 g/mol. The van der Waals surface area contributed by atoms with Crippen molar-refractivity contribution in [2.75, 3.05) is 12.4 Å². The quantitative estimate of drug-likeness (QED) is 0.397. The number of anilines is 1. The van der Waals surface area contributed by atoms with Crippen LogP contribution in [0.5, 0.6) is 11.5 Å². The summed E-state index contributed by atoms with van der Waals surface area (Å²) >= 11 is 1.55. The molecule has 1 N–H and O–H groups in total. The summed E-state index contributed by atoms with van der Waals surface area (Å²) in [5.74, 6) is 0.679. The lowest BCUT2D eigenvalue weighted by atomic mass is 9.81. The lowest BCUT2D eigenvalue weighted by Crippen LogP contribution is -2.43. The zero-order valence-corrected chi connectivity index (χ0v) is 18.8. The molecule has 1 aromatic heterocycles. The third kappa shape index (κ3) is 4.13. The number of benzene rings is 3. The number of thiophene rings is 1. The first-order valence-electron chi connectivity index (χ1n) is 10.6. The molecule has 1 aliphatic rings. The summed E-state index contributed by atoms with van der Waals surface area (Å²) in [6.45, 7) is 0. The van der Waals surface area contributed by atoms with Crippen LogP contribution in [-0.2, 0) is 4.79 Å². The summed E-state index contributed by atoms with van der Waals surface area (Å²) in [5, 5.41) is 5.01. The zero-order valence-electron chi connectivity index (χ0n) is 18.0. The van der Waals surface area contributed by atoms with Crippen molar-refractivity contribution in [1.82, 2.24) is 4.90 Å². The Hall–Kier alpha value is -3.90. The number of hydrogen-bond donors (Lipinski definition) is 1. The number of nitrogens with one attached hydrogen (secondary N) is 1. The molecule has 0 saturated heterocycles. The van der Waals surface area contributed by atoms with Crippen LogP contribution in [0.1, 0.15) is 32.8 Å². The molecule has 3 aromatic carbocycles. The molecule has 0 fully saturated rings. The van der Waals surface area contributed by atoms with E-state index in [0.717, 1.165) is 16.2 Å².